The molecule has 1 saturated heterocycles. The minimum absolute atomic E-state index is 0.110. The van der Waals surface area contributed by atoms with Crippen LogP contribution in [0.2, 0.25) is 0 Å². The average Bonchev–Trinajstić information content (AvgIpc) is 2.41. The van der Waals surface area contributed by atoms with Gasteiger partial charge in [-0.3, -0.25) is 4.90 Å². The van der Waals surface area contributed by atoms with Crippen LogP contribution in [0.4, 0.5) is 4.79 Å². The molecule has 1 N–H and O–H groups in total. The van der Waals surface area contributed by atoms with Gasteiger partial charge in [-0.2, -0.15) is 0 Å². The van der Waals surface area contributed by atoms with Crippen molar-refractivity contribution in [1.82, 2.24) is 9.80 Å². The van der Waals surface area contributed by atoms with E-state index in [0.717, 1.165) is 25.2 Å². The van der Waals surface area contributed by atoms with Crippen LogP contribution in [0.15, 0.2) is 22.7 Å². The minimum atomic E-state index is -0.466. The third kappa shape index (κ3) is 5.11. The first kappa shape index (κ1) is 18.1. The zero-order chi connectivity index (χ0) is 17.2. The molecule has 1 aliphatic rings. The molecule has 128 valence electrons. The predicted molar refractivity (Wildman–Crippen MR) is 93.5 cm³/mol. The van der Waals surface area contributed by atoms with E-state index in [-0.39, 0.29) is 17.9 Å². The number of hydrogen-bond donors (Lipinski definition) is 1. The molecule has 1 atom stereocenters. The number of rotatable bonds is 2. The summed E-state index contributed by atoms with van der Waals surface area (Å²) < 4.78 is 6.17. The summed E-state index contributed by atoms with van der Waals surface area (Å²) in [7, 11) is 0. The smallest absolute Gasteiger partial charge is 0.410 e. The van der Waals surface area contributed by atoms with Gasteiger partial charge in [0.2, 0.25) is 0 Å². The second-order valence-electron chi connectivity index (χ2n) is 7.04. The third-order valence-corrected chi connectivity index (χ3v) is 4.39. The van der Waals surface area contributed by atoms with E-state index in [1.165, 1.54) is 0 Å². The number of phenolic OH excluding ortho intramolecular Hbond substituents is 1. The lowest BCUT2D eigenvalue weighted by molar-refractivity contribution is 0.000556. The fourth-order valence-electron chi connectivity index (χ4n) is 2.68. The fraction of sp³-hybridized carbons (Fsp3) is 0.588. The first-order valence-electron chi connectivity index (χ1n) is 7.85. The summed E-state index contributed by atoms with van der Waals surface area (Å²) >= 11 is 3.34. The van der Waals surface area contributed by atoms with Crippen LogP contribution in [-0.4, -0.2) is 52.3 Å². The molecular formula is C17H25BrN2O3. The summed E-state index contributed by atoms with van der Waals surface area (Å²) in [6.07, 6.45) is -0.239. The van der Waals surface area contributed by atoms with Crippen LogP contribution in [0.3, 0.4) is 0 Å². The molecule has 2 rings (SSSR count). The highest BCUT2D eigenvalue weighted by Gasteiger charge is 2.30. The third-order valence-electron chi connectivity index (χ3n) is 3.76. The Kier molecular flexibility index (Phi) is 5.57. The van der Waals surface area contributed by atoms with Crippen molar-refractivity contribution < 1.29 is 14.6 Å². The number of amides is 1. The number of ether oxygens (including phenoxy) is 1. The molecule has 5 nitrogen and oxygen atoms in total. The quantitative estimate of drug-likeness (QED) is 0.846. The zero-order valence-electron chi connectivity index (χ0n) is 14.2. The van der Waals surface area contributed by atoms with E-state index < -0.39 is 5.60 Å². The van der Waals surface area contributed by atoms with Gasteiger partial charge in [0.05, 0.1) is 4.47 Å². The van der Waals surface area contributed by atoms with Crippen molar-refractivity contribution in [2.75, 3.05) is 19.6 Å². The molecule has 1 heterocycles. The van der Waals surface area contributed by atoms with Gasteiger partial charge >= 0.3 is 6.09 Å². The van der Waals surface area contributed by atoms with Crippen LogP contribution >= 0.6 is 15.9 Å². The molecule has 0 saturated carbocycles. The van der Waals surface area contributed by atoms with E-state index in [0.29, 0.717) is 11.0 Å². The molecule has 1 fully saturated rings. The maximum Gasteiger partial charge on any atom is 0.410 e. The number of piperazine rings is 1. The van der Waals surface area contributed by atoms with E-state index >= 15 is 0 Å². The Morgan fingerprint density at radius 1 is 1.39 bits per heavy atom. The number of halogens is 1. The monoisotopic (exact) mass is 384 g/mol. The number of carbonyl (C=O) groups excluding carboxylic acids is 1. The van der Waals surface area contributed by atoms with Crippen molar-refractivity contribution >= 4 is 22.0 Å². The second kappa shape index (κ2) is 7.09. The van der Waals surface area contributed by atoms with Crippen molar-refractivity contribution in [2.24, 2.45) is 0 Å². The normalized spacial score (nSPS) is 19.7. The van der Waals surface area contributed by atoms with E-state index in [2.05, 4.69) is 20.8 Å². The maximum absolute atomic E-state index is 12.2. The molecule has 0 aliphatic carbocycles. The summed E-state index contributed by atoms with van der Waals surface area (Å²) in [5.74, 6) is 0.247. The number of aromatic hydroxyl groups is 1. The largest absolute Gasteiger partial charge is 0.507 e. The first-order chi connectivity index (χ1) is 10.7. The van der Waals surface area contributed by atoms with E-state index in [1.54, 1.807) is 11.0 Å². The SMILES string of the molecule is C[C@H]1CN(Cc2ccc(O)c(Br)c2)CCN1C(=O)OC(C)(C)C. The molecule has 0 bridgehead atoms. The van der Waals surface area contributed by atoms with Gasteiger partial charge in [0, 0.05) is 32.2 Å². The van der Waals surface area contributed by atoms with Gasteiger partial charge in [-0.25, -0.2) is 4.79 Å². The average molecular weight is 385 g/mol. The molecule has 6 heteroatoms. The van der Waals surface area contributed by atoms with Gasteiger partial charge in [-0.15, -0.1) is 0 Å². The number of hydrogen-bond acceptors (Lipinski definition) is 4. The Bertz CT molecular complexity index is 571. The van der Waals surface area contributed by atoms with Gasteiger partial charge in [0.25, 0.3) is 0 Å². The van der Waals surface area contributed by atoms with Gasteiger partial charge in [-0.05, 0) is 61.3 Å². The van der Waals surface area contributed by atoms with Crippen LogP contribution in [-0.2, 0) is 11.3 Å². The molecule has 1 amide bonds. The number of phenols is 1. The molecule has 0 radical (unpaired) electrons. The maximum atomic E-state index is 12.2. The Morgan fingerprint density at radius 3 is 2.65 bits per heavy atom. The van der Waals surface area contributed by atoms with Crippen LogP contribution in [0, 0.1) is 0 Å². The molecule has 0 unspecified atom stereocenters. The predicted octanol–water partition coefficient (Wildman–Crippen LogP) is 3.60. The van der Waals surface area contributed by atoms with Gasteiger partial charge in [0.1, 0.15) is 11.4 Å². The molecule has 23 heavy (non-hydrogen) atoms. The zero-order valence-corrected chi connectivity index (χ0v) is 15.8. The Balaban J connectivity index is 1.93. The van der Waals surface area contributed by atoms with Crippen LogP contribution in [0.1, 0.15) is 33.3 Å². The molecular weight excluding hydrogens is 360 g/mol. The van der Waals surface area contributed by atoms with Crippen molar-refractivity contribution in [1.29, 1.82) is 0 Å². The fourth-order valence-corrected chi connectivity index (χ4v) is 3.10. The van der Waals surface area contributed by atoms with E-state index in [9.17, 15) is 9.90 Å². The molecule has 1 aliphatic heterocycles. The van der Waals surface area contributed by atoms with Crippen LogP contribution < -0.4 is 0 Å². The van der Waals surface area contributed by atoms with Crippen molar-refractivity contribution in [2.45, 2.75) is 45.9 Å². The molecule has 0 aromatic heterocycles. The van der Waals surface area contributed by atoms with E-state index in [1.807, 2.05) is 39.8 Å². The topological polar surface area (TPSA) is 53.0 Å². The van der Waals surface area contributed by atoms with Crippen LogP contribution in [0.5, 0.6) is 5.75 Å². The minimum Gasteiger partial charge on any atom is -0.507 e. The highest BCUT2D eigenvalue weighted by atomic mass is 79.9. The second-order valence-corrected chi connectivity index (χ2v) is 7.90. The Hall–Kier alpha value is -1.27. The lowest BCUT2D eigenvalue weighted by Crippen LogP contribution is -2.54. The highest BCUT2D eigenvalue weighted by Crippen LogP contribution is 2.25. The Morgan fingerprint density at radius 2 is 2.09 bits per heavy atom. The summed E-state index contributed by atoms with van der Waals surface area (Å²) in [5, 5.41) is 9.56. The lowest BCUT2D eigenvalue weighted by Gasteiger charge is -2.40. The van der Waals surface area contributed by atoms with Gasteiger partial charge in [0.15, 0.2) is 0 Å². The van der Waals surface area contributed by atoms with Crippen molar-refractivity contribution in [3.05, 3.63) is 28.2 Å². The highest BCUT2D eigenvalue weighted by molar-refractivity contribution is 9.10. The molecule has 1 aromatic carbocycles. The lowest BCUT2D eigenvalue weighted by atomic mass is 10.1. The van der Waals surface area contributed by atoms with Crippen LogP contribution in [0.25, 0.3) is 0 Å². The van der Waals surface area contributed by atoms with Gasteiger partial charge < -0.3 is 14.7 Å². The van der Waals surface area contributed by atoms with Gasteiger partial charge in [-0.1, -0.05) is 6.07 Å². The van der Waals surface area contributed by atoms with E-state index in [4.69, 9.17) is 4.74 Å². The number of carbonyl (C=O) groups is 1. The number of nitrogens with zero attached hydrogens (tertiary/aromatic N) is 2. The number of benzene rings is 1. The molecule has 0 spiro atoms. The molecule has 1 aromatic rings. The summed E-state index contributed by atoms with van der Waals surface area (Å²) in [4.78, 5) is 16.3. The summed E-state index contributed by atoms with van der Waals surface area (Å²) in [6.45, 7) is 10.8. The standard InChI is InChI=1S/C17H25BrN2O3/c1-12-10-19(11-13-5-6-15(21)14(18)9-13)7-8-20(12)16(22)23-17(2,3)4/h5-6,9,12,21H,7-8,10-11H2,1-4H3/t12-/m0/s1. The Labute approximate surface area is 146 Å². The first-order valence-corrected chi connectivity index (χ1v) is 8.64. The summed E-state index contributed by atoms with van der Waals surface area (Å²) in [6, 6.07) is 5.66. The summed E-state index contributed by atoms with van der Waals surface area (Å²) in [5.41, 5.74) is 0.666. The van der Waals surface area contributed by atoms with Crippen molar-refractivity contribution in [3.8, 4) is 5.75 Å². The van der Waals surface area contributed by atoms with Crippen molar-refractivity contribution in [3.63, 3.8) is 0 Å².